The van der Waals surface area contributed by atoms with Crippen molar-refractivity contribution in [1.82, 2.24) is 4.90 Å². The molecule has 0 aliphatic rings. The Morgan fingerprint density at radius 1 is 0.929 bits per heavy atom. The van der Waals surface area contributed by atoms with Crippen molar-refractivity contribution in [2.75, 3.05) is 11.8 Å². The Bertz CT molecular complexity index is 1070. The third-order valence-corrected chi connectivity index (χ3v) is 5.55. The number of carbonyl (C=O) groups is 1. The minimum absolute atomic E-state index is 0.133. The number of sulfonamides is 1. The predicted molar refractivity (Wildman–Crippen MR) is 106 cm³/mol. The number of benzene rings is 3. The molecule has 0 bridgehead atoms. The van der Waals surface area contributed by atoms with Gasteiger partial charge in [-0.15, -0.1) is 0 Å². The van der Waals surface area contributed by atoms with Gasteiger partial charge in [0, 0.05) is 30.4 Å². The number of nitrogens with one attached hydrogen (secondary N) is 1. The highest BCUT2D eigenvalue weighted by Gasteiger charge is 2.16. The fraction of sp³-hybridized carbons (Fsp3) is 0.0952. The number of hydrogen-bond donors (Lipinski definition) is 1. The zero-order valence-electron chi connectivity index (χ0n) is 15.2. The van der Waals surface area contributed by atoms with E-state index in [2.05, 4.69) is 4.72 Å². The van der Waals surface area contributed by atoms with Crippen molar-refractivity contribution < 1.29 is 17.6 Å². The molecule has 5 nitrogen and oxygen atoms in total. The molecule has 144 valence electrons. The van der Waals surface area contributed by atoms with Crippen LogP contribution in [0.2, 0.25) is 0 Å². The molecule has 1 amide bonds. The van der Waals surface area contributed by atoms with E-state index in [1.165, 1.54) is 47.4 Å². The Morgan fingerprint density at radius 2 is 1.54 bits per heavy atom. The lowest BCUT2D eigenvalue weighted by atomic mass is 10.1. The van der Waals surface area contributed by atoms with Crippen LogP contribution in [-0.4, -0.2) is 26.3 Å². The Hall–Kier alpha value is -3.19. The lowest BCUT2D eigenvalue weighted by Crippen LogP contribution is -2.26. The fourth-order valence-corrected chi connectivity index (χ4v) is 3.75. The summed E-state index contributed by atoms with van der Waals surface area (Å²) in [5.74, 6) is -0.659. The summed E-state index contributed by atoms with van der Waals surface area (Å²) in [6.45, 7) is 0.133. The first-order chi connectivity index (χ1) is 13.4. The van der Waals surface area contributed by atoms with Gasteiger partial charge in [-0.25, -0.2) is 12.8 Å². The summed E-state index contributed by atoms with van der Waals surface area (Å²) in [4.78, 5) is 14.1. The molecule has 0 heterocycles. The van der Waals surface area contributed by atoms with Crippen LogP contribution in [0.4, 0.5) is 10.1 Å². The van der Waals surface area contributed by atoms with Crippen LogP contribution in [0.3, 0.4) is 0 Å². The van der Waals surface area contributed by atoms with Crippen molar-refractivity contribution in [2.45, 2.75) is 11.4 Å². The molecule has 3 rings (SSSR count). The zero-order valence-corrected chi connectivity index (χ0v) is 16.0. The zero-order chi connectivity index (χ0) is 20.1. The van der Waals surface area contributed by atoms with Crippen molar-refractivity contribution in [1.29, 1.82) is 0 Å². The molecule has 0 saturated heterocycles. The summed E-state index contributed by atoms with van der Waals surface area (Å²) in [7, 11) is -2.11. The fourth-order valence-electron chi connectivity index (χ4n) is 2.67. The Kier molecular flexibility index (Phi) is 5.75. The van der Waals surface area contributed by atoms with Gasteiger partial charge in [-0.05, 0) is 42.5 Å². The van der Waals surface area contributed by atoms with Crippen LogP contribution in [0.15, 0.2) is 83.8 Å². The molecule has 7 heteroatoms. The molecule has 0 atom stereocenters. The number of carbonyl (C=O) groups excluding carboxylic acids is 1. The average molecular weight is 398 g/mol. The quantitative estimate of drug-likeness (QED) is 0.685. The number of nitrogens with zero attached hydrogens (tertiary/aromatic N) is 1. The van der Waals surface area contributed by atoms with Gasteiger partial charge >= 0.3 is 0 Å². The Balaban J connectivity index is 1.70. The molecule has 0 fully saturated rings. The number of halogens is 1. The molecule has 0 saturated carbocycles. The third kappa shape index (κ3) is 4.55. The van der Waals surface area contributed by atoms with E-state index < -0.39 is 10.0 Å². The highest BCUT2D eigenvalue weighted by atomic mass is 32.2. The SMILES string of the molecule is CN(Cc1ccccc1F)C(=O)c1ccc(NS(=O)(=O)c2ccccc2)cc1. The monoisotopic (exact) mass is 398 g/mol. The second-order valence-corrected chi connectivity index (χ2v) is 7.93. The Labute approximate surface area is 163 Å². The van der Waals surface area contributed by atoms with E-state index in [1.54, 1.807) is 43.4 Å². The molecule has 3 aromatic rings. The van der Waals surface area contributed by atoms with Crippen molar-refractivity contribution in [3.8, 4) is 0 Å². The smallest absolute Gasteiger partial charge is 0.261 e. The largest absolute Gasteiger partial charge is 0.337 e. The molecule has 0 aliphatic heterocycles. The topological polar surface area (TPSA) is 66.5 Å². The predicted octanol–water partition coefficient (Wildman–Crippen LogP) is 3.90. The molecule has 0 aliphatic carbocycles. The lowest BCUT2D eigenvalue weighted by molar-refractivity contribution is 0.0784. The molecular formula is C21H19FN2O3S. The van der Waals surface area contributed by atoms with Crippen molar-refractivity contribution in [3.05, 3.63) is 95.8 Å². The van der Waals surface area contributed by atoms with Crippen molar-refractivity contribution >= 4 is 21.6 Å². The average Bonchev–Trinajstić information content (AvgIpc) is 2.70. The van der Waals surface area contributed by atoms with Gasteiger partial charge < -0.3 is 4.90 Å². The van der Waals surface area contributed by atoms with Gasteiger partial charge in [0.05, 0.1) is 4.90 Å². The van der Waals surface area contributed by atoms with Gasteiger partial charge in [0.1, 0.15) is 5.82 Å². The summed E-state index contributed by atoms with van der Waals surface area (Å²) in [5, 5.41) is 0. The number of hydrogen-bond acceptors (Lipinski definition) is 3. The van der Waals surface area contributed by atoms with E-state index in [1.807, 2.05) is 0 Å². The van der Waals surface area contributed by atoms with Gasteiger partial charge in [0.25, 0.3) is 15.9 Å². The Morgan fingerprint density at radius 3 is 2.18 bits per heavy atom. The van der Waals surface area contributed by atoms with Crippen LogP contribution in [0.1, 0.15) is 15.9 Å². The molecule has 3 aromatic carbocycles. The minimum atomic E-state index is -3.70. The van der Waals surface area contributed by atoms with E-state index in [-0.39, 0.29) is 23.2 Å². The minimum Gasteiger partial charge on any atom is -0.337 e. The van der Waals surface area contributed by atoms with E-state index >= 15 is 0 Å². The third-order valence-electron chi connectivity index (χ3n) is 4.15. The van der Waals surface area contributed by atoms with Gasteiger partial charge in [-0.3, -0.25) is 9.52 Å². The van der Waals surface area contributed by atoms with Crippen LogP contribution < -0.4 is 4.72 Å². The summed E-state index contributed by atoms with van der Waals surface area (Å²) in [6, 6.07) is 20.4. The summed E-state index contributed by atoms with van der Waals surface area (Å²) in [6.07, 6.45) is 0. The number of amides is 1. The van der Waals surface area contributed by atoms with Crippen LogP contribution in [0.25, 0.3) is 0 Å². The van der Waals surface area contributed by atoms with Crippen LogP contribution in [0, 0.1) is 5.82 Å². The first-order valence-corrected chi connectivity index (χ1v) is 10.0. The van der Waals surface area contributed by atoms with Gasteiger partial charge in [-0.1, -0.05) is 36.4 Å². The van der Waals surface area contributed by atoms with Gasteiger partial charge in [0.2, 0.25) is 0 Å². The summed E-state index contributed by atoms with van der Waals surface area (Å²) < 4.78 is 40.9. The molecule has 0 spiro atoms. The van der Waals surface area contributed by atoms with Crippen LogP contribution in [0.5, 0.6) is 0 Å². The van der Waals surface area contributed by atoms with E-state index in [9.17, 15) is 17.6 Å². The summed E-state index contributed by atoms with van der Waals surface area (Å²) >= 11 is 0. The van der Waals surface area contributed by atoms with Crippen LogP contribution >= 0.6 is 0 Å². The van der Waals surface area contributed by atoms with Crippen molar-refractivity contribution in [2.24, 2.45) is 0 Å². The van der Waals surface area contributed by atoms with Crippen LogP contribution in [-0.2, 0) is 16.6 Å². The maximum atomic E-state index is 13.8. The number of rotatable bonds is 6. The lowest BCUT2D eigenvalue weighted by Gasteiger charge is -2.18. The molecular weight excluding hydrogens is 379 g/mol. The van der Waals surface area contributed by atoms with Gasteiger partial charge in [-0.2, -0.15) is 0 Å². The first kappa shape index (κ1) is 19.6. The standard InChI is InChI=1S/C21H19FN2O3S/c1-24(15-17-7-5-6-10-20(17)22)21(25)16-11-13-18(14-12-16)23-28(26,27)19-8-3-2-4-9-19/h2-14,23H,15H2,1H3. The van der Waals surface area contributed by atoms with Gasteiger partial charge in [0.15, 0.2) is 0 Å². The molecule has 0 unspecified atom stereocenters. The second-order valence-electron chi connectivity index (χ2n) is 6.25. The summed E-state index contributed by atoms with van der Waals surface area (Å²) in [5.41, 5.74) is 1.14. The molecule has 0 aromatic heterocycles. The second kappa shape index (κ2) is 8.22. The highest BCUT2D eigenvalue weighted by Crippen LogP contribution is 2.18. The maximum Gasteiger partial charge on any atom is 0.261 e. The number of anilines is 1. The highest BCUT2D eigenvalue weighted by molar-refractivity contribution is 7.92. The normalized spacial score (nSPS) is 11.1. The van der Waals surface area contributed by atoms with E-state index in [0.717, 1.165) is 0 Å². The molecule has 28 heavy (non-hydrogen) atoms. The maximum absolute atomic E-state index is 13.8. The van der Waals surface area contributed by atoms with E-state index in [0.29, 0.717) is 16.8 Å². The van der Waals surface area contributed by atoms with E-state index in [4.69, 9.17) is 0 Å². The molecule has 1 N–H and O–H groups in total. The first-order valence-electron chi connectivity index (χ1n) is 8.53. The molecule has 0 radical (unpaired) electrons. The van der Waals surface area contributed by atoms with Crippen molar-refractivity contribution in [3.63, 3.8) is 0 Å².